The van der Waals surface area contributed by atoms with E-state index in [1.807, 2.05) is 30.3 Å². The van der Waals surface area contributed by atoms with E-state index in [0.717, 1.165) is 5.56 Å². The van der Waals surface area contributed by atoms with Gasteiger partial charge in [0.15, 0.2) is 0 Å². The van der Waals surface area contributed by atoms with Crippen molar-refractivity contribution in [1.29, 1.82) is 0 Å². The smallest absolute Gasteiger partial charge is 0.248 e. The van der Waals surface area contributed by atoms with Crippen molar-refractivity contribution < 1.29 is 14.5 Å². The third-order valence-corrected chi connectivity index (χ3v) is 3.09. The average Bonchev–Trinajstić information content (AvgIpc) is 2.78. The molecule has 6 nitrogen and oxygen atoms in total. The van der Waals surface area contributed by atoms with E-state index in [2.05, 4.69) is 5.32 Å². The van der Waals surface area contributed by atoms with E-state index in [9.17, 15) is 14.9 Å². The predicted octanol–water partition coefficient (Wildman–Crippen LogP) is 1.08. The van der Waals surface area contributed by atoms with Crippen LogP contribution in [-0.2, 0) is 9.53 Å². The fourth-order valence-corrected chi connectivity index (χ4v) is 2.23. The van der Waals surface area contributed by atoms with Gasteiger partial charge in [-0.05, 0) is 5.56 Å². The van der Waals surface area contributed by atoms with Crippen LogP contribution in [0.3, 0.4) is 0 Å². The molecule has 1 aromatic rings. The number of rotatable bonds is 5. The van der Waals surface area contributed by atoms with Crippen LogP contribution >= 0.6 is 0 Å². The second-order valence-corrected chi connectivity index (χ2v) is 4.27. The second-order valence-electron chi connectivity index (χ2n) is 4.27. The highest BCUT2D eigenvalue weighted by molar-refractivity contribution is 5.91. The average molecular weight is 262 g/mol. The Morgan fingerprint density at radius 1 is 1.42 bits per heavy atom. The number of ether oxygens (including phenoxy) is 1. The number of hydrogen-bond donors (Lipinski definition) is 1. The third kappa shape index (κ3) is 2.90. The number of amides is 1. The first-order chi connectivity index (χ1) is 9.11. The number of benzene rings is 1. The van der Waals surface area contributed by atoms with E-state index in [0.29, 0.717) is 5.76 Å². The maximum Gasteiger partial charge on any atom is 0.248 e. The van der Waals surface area contributed by atoms with Crippen LogP contribution in [0.25, 0.3) is 0 Å². The van der Waals surface area contributed by atoms with Gasteiger partial charge in [0, 0.05) is 11.0 Å². The molecule has 0 radical (unpaired) electrons. The number of carbonyl (C=O) groups excluding carboxylic acids is 1. The highest BCUT2D eigenvalue weighted by atomic mass is 16.6. The van der Waals surface area contributed by atoms with Crippen molar-refractivity contribution in [1.82, 2.24) is 5.32 Å². The Hall–Kier alpha value is -2.37. The monoisotopic (exact) mass is 262 g/mol. The maximum atomic E-state index is 11.4. The lowest BCUT2D eigenvalue weighted by molar-refractivity contribution is -0.483. The molecule has 0 saturated carbocycles. The Kier molecular flexibility index (Phi) is 3.79. The van der Waals surface area contributed by atoms with Crippen molar-refractivity contribution in [2.24, 2.45) is 0 Å². The number of methoxy groups -OCH3 is 1. The molecule has 6 heteroatoms. The molecule has 0 aliphatic carbocycles. The van der Waals surface area contributed by atoms with E-state index < -0.39 is 12.0 Å². The molecule has 0 unspecified atom stereocenters. The van der Waals surface area contributed by atoms with Crippen LogP contribution in [0.1, 0.15) is 11.5 Å². The molecule has 0 bridgehead atoms. The third-order valence-electron chi connectivity index (χ3n) is 3.09. The van der Waals surface area contributed by atoms with Crippen LogP contribution in [0, 0.1) is 10.1 Å². The number of nitrogens with zero attached hydrogens (tertiary/aromatic N) is 1. The van der Waals surface area contributed by atoms with Crippen molar-refractivity contribution in [2.75, 3.05) is 13.7 Å². The summed E-state index contributed by atoms with van der Waals surface area (Å²) in [6, 6.07) is 8.60. The van der Waals surface area contributed by atoms with Crippen LogP contribution in [-0.4, -0.2) is 30.5 Å². The molecule has 2 atom stereocenters. The highest BCUT2D eigenvalue weighted by Gasteiger charge is 2.36. The fraction of sp³-hybridized carbons (Fsp3) is 0.308. The van der Waals surface area contributed by atoms with Gasteiger partial charge in [-0.2, -0.15) is 0 Å². The molecule has 0 saturated heterocycles. The highest BCUT2D eigenvalue weighted by Crippen LogP contribution is 2.27. The summed E-state index contributed by atoms with van der Waals surface area (Å²) in [6.07, 6.45) is 1.33. The van der Waals surface area contributed by atoms with E-state index in [1.54, 1.807) is 0 Å². The molecule has 0 aromatic heterocycles. The van der Waals surface area contributed by atoms with E-state index in [4.69, 9.17) is 4.74 Å². The normalized spacial score (nSPS) is 19.5. The van der Waals surface area contributed by atoms with Gasteiger partial charge in [0.25, 0.3) is 0 Å². The van der Waals surface area contributed by atoms with Gasteiger partial charge in [-0.3, -0.25) is 14.9 Å². The molecule has 0 fully saturated rings. The molecule has 100 valence electrons. The standard InChI is InChI=1S/C13H14N2O4/c1-19-11-7-12(16)14-13(11)10(8-15(17)18)9-5-3-2-4-6-9/h2-7,10,13H,8H2,1H3,(H,14,16)/t10-,13+/m0/s1. The first kappa shape index (κ1) is 13.1. The summed E-state index contributed by atoms with van der Waals surface area (Å²) in [5, 5.41) is 13.5. The van der Waals surface area contributed by atoms with Crippen LogP contribution in [0.2, 0.25) is 0 Å². The van der Waals surface area contributed by atoms with Crippen LogP contribution in [0.15, 0.2) is 42.2 Å². The topological polar surface area (TPSA) is 81.5 Å². The summed E-state index contributed by atoms with van der Waals surface area (Å²) < 4.78 is 5.13. The largest absolute Gasteiger partial charge is 0.499 e. The zero-order chi connectivity index (χ0) is 13.8. The second kappa shape index (κ2) is 5.51. The summed E-state index contributed by atoms with van der Waals surface area (Å²) in [6.45, 7) is -0.268. The molecular weight excluding hydrogens is 248 g/mol. The van der Waals surface area contributed by atoms with Gasteiger partial charge in [0.2, 0.25) is 12.5 Å². The minimum Gasteiger partial charge on any atom is -0.499 e. The van der Waals surface area contributed by atoms with E-state index >= 15 is 0 Å². The van der Waals surface area contributed by atoms with Crippen molar-refractivity contribution in [3.05, 3.63) is 57.8 Å². The molecular formula is C13H14N2O4. The summed E-state index contributed by atoms with van der Waals surface area (Å²) in [5.74, 6) is -0.305. The number of hydrogen-bond acceptors (Lipinski definition) is 4. The molecule has 2 rings (SSSR count). The van der Waals surface area contributed by atoms with Crippen LogP contribution in [0.5, 0.6) is 0 Å². The molecule has 1 amide bonds. The summed E-state index contributed by atoms with van der Waals surface area (Å²) in [7, 11) is 1.45. The van der Waals surface area contributed by atoms with Gasteiger partial charge in [-0.25, -0.2) is 0 Å². The van der Waals surface area contributed by atoms with Gasteiger partial charge in [-0.1, -0.05) is 30.3 Å². The maximum absolute atomic E-state index is 11.4. The van der Waals surface area contributed by atoms with Gasteiger partial charge in [-0.15, -0.1) is 0 Å². The summed E-state index contributed by atoms with van der Waals surface area (Å²) >= 11 is 0. The van der Waals surface area contributed by atoms with Gasteiger partial charge >= 0.3 is 0 Å². The van der Waals surface area contributed by atoms with Gasteiger partial charge in [0.1, 0.15) is 5.76 Å². The number of carbonyl (C=O) groups is 1. The van der Waals surface area contributed by atoms with Crippen LogP contribution < -0.4 is 5.32 Å². The van der Waals surface area contributed by atoms with E-state index in [-0.39, 0.29) is 17.4 Å². The fourth-order valence-electron chi connectivity index (χ4n) is 2.23. The zero-order valence-corrected chi connectivity index (χ0v) is 10.4. The lowest BCUT2D eigenvalue weighted by atomic mass is 9.91. The van der Waals surface area contributed by atoms with E-state index in [1.165, 1.54) is 13.2 Å². The first-order valence-electron chi connectivity index (χ1n) is 5.84. The molecule has 1 heterocycles. The molecule has 1 aliphatic rings. The Labute approximate surface area is 110 Å². The molecule has 1 aromatic carbocycles. The summed E-state index contributed by atoms with van der Waals surface area (Å²) in [5.41, 5.74) is 0.800. The van der Waals surface area contributed by atoms with Crippen molar-refractivity contribution in [3.63, 3.8) is 0 Å². The number of nitrogens with one attached hydrogen (secondary N) is 1. The lowest BCUT2D eigenvalue weighted by Gasteiger charge is -2.22. The molecule has 19 heavy (non-hydrogen) atoms. The minimum atomic E-state index is -0.495. The lowest BCUT2D eigenvalue weighted by Crippen LogP contribution is -2.37. The Morgan fingerprint density at radius 2 is 2.11 bits per heavy atom. The Bertz CT molecular complexity index is 513. The summed E-state index contributed by atoms with van der Waals surface area (Å²) in [4.78, 5) is 21.9. The quantitative estimate of drug-likeness (QED) is 0.635. The molecule has 0 spiro atoms. The van der Waals surface area contributed by atoms with Crippen LogP contribution in [0.4, 0.5) is 0 Å². The van der Waals surface area contributed by atoms with Gasteiger partial charge in [0.05, 0.1) is 19.1 Å². The van der Waals surface area contributed by atoms with Crippen molar-refractivity contribution in [3.8, 4) is 0 Å². The minimum absolute atomic E-state index is 0.268. The Balaban J connectivity index is 2.31. The first-order valence-corrected chi connectivity index (χ1v) is 5.84. The van der Waals surface area contributed by atoms with Crippen molar-refractivity contribution >= 4 is 5.91 Å². The van der Waals surface area contributed by atoms with Crippen molar-refractivity contribution in [2.45, 2.75) is 12.0 Å². The molecule has 1 N–H and O–H groups in total. The molecule has 1 aliphatic heterocycles. The SMILES string of the molecule is COC1=CC(=O)N[C@@H]1[C@@H](C[N+](=O)[O-])c1ccccc1. The predicted molar refractivity (Wildman–Crippen MR) is 68.1 cm³/mol. The zero-order valence-electron chi connectivity index (χ0n) is 10.4. The Morgan fingerprint density at radius 3 is 2.68 bits per heavy atom. The number of nitro groups is 1. The van der Waals surface area contributed by atoms with Gasteiger partial charge < -0.3 is 10.1 Å².